The summed E-state index contributed by atoms with van der Waals surface area (Å²) in [6, 6.07) is 7.59. The molecule has 1 N–H and O–H groups in total. The fourth-order valence-electron chi connectivity index (χ4n) is 3.48. The Balaban J connectivity index is 1.62. The second-order valence-corrected chi connectivity index (χ2v) is 6.70. The van der Waals surface area contributed by atoms with E-state index < -0.39 is 0 Å². The number of hydrogen-bond acceptors (Lipinski definition) is 2. The van der Waals surface area contributed by atoms with Crippen LogP contribution >= 0.6 is 11.6 Å². The van der Waals surface area contributed by atoms with Crippen molar-refractivity contribution in [3.05, 3.63) is 46.0 Å². The Morgan fingerprint density at radius 2 is 2.04 bits per heavy atom. The molecule has 1 aromatic rings. The van der Waals surface area contributed by atoms with E-state index in [4.69, 9.17) is 11.6 Å². The van der Waals surface area contributed by atoms with Crippen LogP contribution in [0.2, 0.25) is 5.02 Å². The number of nitrogens with zero attached hydrogens (tertiary/aromatic N) is 1. The maximum Gasteiger partial charge on any atom is 0.250 e. The van der Waals surface area contributed by atoms with Crippen LogP contribution in [0.25, 0.3) is 0 Å². The summed E-state index contributed by atoms with van der Waals surface area (Å²) in [5, 5.41) is 3.57. The van der Waals surface area contributed by atoms with Gasteiger partial charge < -0.3 is 10.2 Å². The van der Waals surface area contributed by atoms with E-state index >= 15 is 0 Å². The number of carbonyl (C=O) groups excluding carboxylic acids is 2. The van der Waals surface area contributed by atoms with Gasteiger partial charge in [-0.1, -0.05) is 30.2 Å². The van der Waals surface area contributed by atoms with Crippen molar-refractivity contribution in [2.24, 2.45) is 0 Å². The highest BCUT2D eigenvalue weighted by atomic mass is 35.5. The summed E-state index contributed by atoms with van der Waals surface area (Å²) >= 11 is 5.85. The number of benzene rings is 1. The third-order valence-electron chi connectivity index (χ3n) is 4.75. The minimum atomic E-state index is -0.101. The zero-order chi connectivity index (χ0) is 16.4. The summed E-state index contributed by atoms with van der Waals surface area (Å²) in [4.78, 5) is 26.4. The van der Waals surface area contributed by atoms with Crippen molar-refractivity contribution in [2.75, 3.05) is 7.05 Å². The lowest BCUT2D eigenvalue weighted by molar-refractivity contribution is -0.128. The second kappa shape index (κ2) is 6.75. The van der Waals surface area contributed by atoms with E-state index in [2.05, 4.69) is 5.32 Å². The monoisotopic (exact) mass is 332 g/mol. The van der Waals surface area contributed by atoms with Crippen LogP contribution in [0.1, 0.15) is 37.7 Å². The van der Waals surface area contributed by atoms with Crippen LogP contribution in [-0.2, 0) is 16.1 Å². The first kappa shape index (κ1) is 16.1. The minimum absolute atomic E-state index is 0.0218. The molecular formula is C18H21ClN2O2. The van der Waals surface area contributed by atoms with Crippen molar-refractivity contribution < 1.29 is 9.59 Å². The van der Waals surface area contributed by atoms with E-state index in [0.29, 0.717) is 17.1 Å². The predicted octanol–water partition coefficient (Wildman–Crippen LogP) is 3.06. The molecule has 1 atom stereocenters. The van der Waals surface area contributed by atoms with Crippen LogP contribution in [0.3, 0.4) is 0 Å². The SMILES string of the molecule is CN1C(=O)C(CC(=O)NCc2ccc(Cl)cc2)=C2CCCCC21. The molecule has 2 amide bonds. The average molecular weight is 333 g/mol. The number of likely N-dealkylation sites (N-methyl/N-ethyl adjacent to an activating group) is 1. The standard InChI is InChI=1S/C18H21ClN2O2/c1-21-16-5-3-2-4-14(16)15(18(21)23)10-17(22)20-11-12-6-8-13(19)9-7-12/h6-9,16H,2-5,10-11H2,1H3,(H,20,22). The first-order valence-electron chi connectivity index (χ1n) is 8.06. The average Bonchev–Trinajstić information content (AvgIpc) is 2.80. The zero-order valence-electron chi connectivity index (χ0n) is 13.3. The Morgan fingerprint density at radius 1 is 1.30 bits per heavy atom. The highest BCUT2D eigenvalue weighted by Crippen LogP contribution is 2.36. The van der Waals surface area contributed by atoms with Crippen LogP contribution in [0.5, 0.6) is 0 Å². The van der Waals surface area contributed by atoms with Crippen LogP contribution < -0.4 is 5.32 Å². The van der Waals surface area contributed by atoms with E-state index in [1.165, 1.54) is 5.57 Å². The van der Waals surface area contributed by atoms with Crippen molar-refractivity contribution in [3.8, 4) is 0 Å². The van der Waals surface area contributed by atoms with E-state index in [1.807, 2.05) is 19.2 Å². The molecule has 3 rings (SSSR count). The van der Waals surface area contributed by atoms with Gasteiger partial charge in [-0.15, -0.1) is 0 Å². The minimum Gasteiger partial charge on any atom is -0.352 e. The first-order chi connectivity index (χ1) is 11.1. The summed E-state index contributed by atoms with van der Waals surface area (Å²) in [5.74, 6) is -0.0797. The molecule has 1 saturated carbocycles. The van der Waals surface area contributed by atoms with Crippen molar-refractivity contribution in [3.63, 3.8) is 0 Å². The molecule has 0 aromatic heterocycles. The van der Waals surface area contributed by atoms with Crippen molar-refractivity contribution >= 4 is 23.4 Å². The predicted molar refractivity (Wildman–Crippen MR) is 90.0 cm³/mol. The Bertz CT molecular complexity index is 651. The van der Waals surface area contributed by atoms with Gasteiger partial charge in [-0.3, -0.25) is 9.59 Å². The highest BCUT2D eigenvalue weighted by Gasteiger charge is 2.38. The molecule has 5 heteroatoms. The molecule has 1 unspecified atom stereocenters. The molecule has 1 aliphatic carbocycles. The van der Waals surface area contributed by atoms with Gasteiger partial charge in [0.2, 0.25) is 5.91 Å². The molecule has 4 nitrogen and oxygen atoms in total. The van der Waals surface area contributed by atoms with Gasteiger partial charge in [-0.05, 0) is 42.5 Å². The summed E-state index contributed by atoms with van der Waals surface area (Å²) in [6.07, 6.45) is 4.42. The summed E-state index contributed by atoms with van der Waals surface area (Å²) in [6.45, 7) is 0.450. The third kappa shape index (κ3) is 3.42. The van der Waals surface area contributed by atoms with Gasteiger partial charge in [-0.25, -0.2) is 0 Å². The topological polar surface area (TPSA) is 49.4 Å². The lowest BCUT2D eigenvalue weighted by Crippen LogP contribution is -2.33. The van der Waals surface area contributed by atoms with Gasteiger partial charge in [-0.2, -0.15) is 0 Å². The number of rotatable bonds is 4. The summed E-state index contributed by atoms with van der Waals surface area (Å²) in [5.41, 5.74) is 2.89. The maximum atomic E-state index is 12.4. The second-order valence-electron chi connectivity index (χ2n) is 6.26. The number of hydrogen-bond donors (Lipinski definition) is 1. The lowest BCUT2D eigenvalue weighted by atomic mass is 9.88. The molecule has 0 radical (unpaired) electrons. The van der Waals surface area contributed by atoms with Crippen LogP contribution in [0.4, 0.5) is 0 Å². The maximum absolute atomic E-state index is 12.4. The quantitative estimate of drug-likeness (QED) is 0.921. The Kier molecular flexibility index (Phi) is 4.71. The van der Waals surface area contributed by atoms with Crippen LogP contribution in [0.15, 0.2) is 35.4 Å². The van der Waals surface area contributed by atoms with Crippen molar-refractivity contribution in [1.82, 2.24) is 10.2 Å². The summed E-state index contributed by atoms with van der Waals surface area (Å²) < 4.78 is 0. The molecule has 1 heterocycles. The molecule has 0 bridgehead atoms. The third-order valence-corrected chi connectivity index (χ3v) is 5.00. The Morgan fingerprint density at radius 3 is 2.78 bits per heavy atom. The highest BCUT2D eigenvalue weighted by molar-refractivity contribution is 6.30. The van der Waals surface area contributed by atoms with E-state index in [1.54, 1.807) is 17.0 Å². The molecule has 0 saturated heterocycles. The van der Waals surface area contributed by atoms with E-state index in [-0.39, 0.29) is 24.3 Å². The number of carbonyl (C=O) groups is 2. The molecular weight excluding hydrogens is 312 g/mol. The van der Waals surface area contributed by atoms with E-state index in [0.717, 1.165) is 31.2 Å². The smallest absolute Gasteiger partial charge is 0.250 e. The Hall–Kier alpha value is -1.81. The van der Waals surface area contributed by atoms with Gasteiger partial charge in [0, 0.05) is 24.2 Å². The van der Waals surface area contributed by atoms with Gasteiger partial charge in [0.25, 0.3) is 5.91 Å². The normalized spacial score (nSPS) is 20.7. The van der Waals surface area contributed by atoms with Crippen molar-refractivity contribution in [1.29, 1.82) is 0 Å². The molecule has 23 heavy (non-hydrogen) atoms. The number of halogens is 1. The molecule has 1 aliphatic heterocycles. The lowest BCUT2D eigenvalue weighted by Gasteiger charge is -2.26. The van der Waals surface area contributed by atoms with E-state index in [9.17, 15) is 9.59 Å². The fraction of sp³-hybridized carbons (Fsp3) is 0.444. The molecule has 1 fully saturated rings. The molecule has 2 aliphatic rings. The molecule has 0 spiro atoms. The molecule has 122 valence electrons. The number of nitrogens with one attached hydrogen (secondary N) is 1. The number of amides is 2. The van der Waals surface area contributed by atoms with Gasteiger partial charge in [0.05, 0.1) is 12.5 Å². The van der Waals surface area contributed by atoms with Crippen LogP contribution in [0, 0.1) is 0 Å². The van der Waals surface area contributed by atoms with Gasteiger partial charge in [0.15, 0.2) is 0 Å². The largest absolute Gasteiger partial charge is 0.352 e. The van der Waals surface area contributed by atoms with Gasteiger partial charge >= 0.3 is 0 Å². The molecule has 1 aromatic carbocycles. The van der Waals surface area contributed by atoms with Crippen LogP contribution in [-0.4, -0.2) is 29.8 Å². The summed E-state index contributed by atoms with van der Waals surface area (Å²) in [7, 11) is 1.84. The fourth-order valence-corrected chi connectivity index (χ4v) is 3.61. The first-order valence-corrected chi connectivity index (χ1v) is 8.44. The Labute approximate surface area is 141 Å². The van der Waals surface area contributed by atoms with Gasteiger partial charge in [0.1, 0.15) is 0 Å². The number of fused-ring (bicyclic) bond motifs is 1. The zero-order valence-corrected chi connectivity index (χ0v) is 14.0. The van der Waals surface area contributed by atoms with Crippen molar-refractivity contribution in [2.45, 2.75) is 44.7 Å².